The summed E-state index contributed by atoms with van der Waals surface area (Å²) in [5.74, 6) is 1.28. The maximum atomic E-state index is 9.85. The Morgan fingerprint density at radius 3 is 3.05 bits per heavy atom. The number of aromatic nitrogens is 3. The summed E-state index contributed by atoms with van der Waals surface area (Å²) >= 11 is 0. The third-order valence-electron chi connectivity index (χ3n) is 4.07. The van der Waals surface area contributed by atoms with E-state index in [1.165, 1.54) is 5.56 Å². The molecule has 3 heterocycles. The molecule has 102 valence electrons. The number of aliphatic hydroxyl groups excluding tert-OH is 1. The molecule has 1 fully saturated rings. The van der Waals surface area contributed by atoms with Crippen molar-refractivity contribution in [2.75, 3.05) is 18.0 Å². The van der Waals surface area contributed by atoms with Gasteiger partial charge in [0.15, 0.2) is 0 Å². The lowest BCUT2D eigenvalue weighted by atomic mass is 9.96. The topological polar surface area (TPSA) is 65.0 Å². The molecule has 0 saturated carbocycles. The van der Waals surface area contributed by atoms with Crippen LogP contribution < -0.4 is 4.90 Å². The lowest BCUT2D eigenvalue weighted by Gasteiger charge is -2.35. The van der Waals surface area contributed by atoms with Gasteiger partial charge in [0.1, 0.15) is 17.8 Å². The first kappa shape index (κ1) is 12.4. The number of aliphatic hydroxyl groups is 1. The van der Waals surface area contributed by atoms with Gasteiger partial charge in [-0.2, -0.15) is 0 Å². The van der Waals surface area contributed by atoms with E-state index in [-0.39, 0.29) is 12.0 Å². The summed E-state index contributed by atoms with van der Waals surface area (Å²) in [4.78, 5) is 14.3. The van der Waals surface area contributed by atoms with Crippen LogP contribution in [-0.2, 0) is 6.42 Å². The number of hydrogen-bond acceptors (Lipinski definition) is 4. The average molecular weight is 260 g/mol. The quantitative estimate of drug-likeness (QED) is 0.863. The van der Waals surface area contributed by atoms with Crippen LogP contribution in [0, 0.1) is 5.92 Å². The van der Waals surface area contributed by atoms with Crippen LogP contribution in [0.3, 0.4) is 0 Å². The van der Waals surface area contributed by atoms with Crippen LogP contribution in [-0.4, -0.2) is 39.3 Å². The smallest absolute Gasteiger partial charge is 0.143 e. The van der Waals surface area contributed by atoms with Crippen molar-refractivity contribution in [3.8, 4) is 0 Å². The molecule has 2 aromatic heterocycles. The number of nitrogens with one attached hydrogen (secondary N) is 1. The normalized spacial score (nSPS) is 24.1. The van der Waals surface area contributed by atoms with Crippen molar-refractivity contribution in [1.82, 2.24) is 15.0 Å². The second-order valence-corrected chi connectivity index (χ2v) is 5.37. The van der Waals surface area contributed by atoms with E-state index >= 15 is 0 Å². The summed E-state index contributed by atoms with van der Waals surface area (Å²) in [5.41, 5.74) is 2.16. The predicted octanol–water partition coefficient (Wildman–Crippen LogP) is 1.73. The zero-order chi connectivity index (χ0) is 13.4. The molecule has 1 aliphatic rings. The summed E-state index contributed by atoms with van der Waals surface area (Å²) in [6, 6.07) is 0. The third kappa shape index (κ3) is 2.08. The van der Waals surface area contributed by atoms with Crippen molar-refractivity contribution in [2.24, 2.45) is 5.92 Å². The van der Waals surface area contributed by atoms with Gasteiger partial charge in [-0.1, -0.05) is 13.8 Å². The molecule has 0 bridgehead atoms. The van der Waals surface area contributed by atoms with E-state index in [1.807, 2.05) is 6.20 Å². The van der Waals surface area contributed by atoms with E-state index in [0.29, 0.717) is 0 Å². The fraction of sp³-hybridized carbons (Fsp3) is 0.571. The van der Waals surface area contributed by atoms with Crippen LogP contribution in [0.4, 0.5) is 5.82 Å². The van der Waals surface area contributed by atoms with E-state index in [0.717, 1.165) is 42.8 Å². The Labute approximate surface area is 112 Å². The molecule has 19 heavy (non-hydrogen) atoms. The molecule has 2 unspecified atom stereocenters. The highest BCUT2D eigenvalue weighted by molar-refractivity contribution is 5.90. The minimum absolute atomic E-state index is 0.189. The molecule has 0 amide bonds. The van der Waals surface area contributed by atoms with Crippen molar-refractivity contribution in [3.63, 3.8) is 0 Å². The van der Waals surface area contributed by atoms with Gasteiger partial charge in [-0.05, 0) is 24.3 Å². The largest absolute Gasteiger partial charge is 0.393 e. The van der Waals surface area contributed by atoms with E-state index in [4.69, 9.17) is 0 Å². The molecule has 0 aliphatic carbocycles. The Hall–Kier alpha value is -1.62. The Morgan fingerprint density at radius 1 is 1.47 bits per heavy atom. The second kappa shape index (κ2) is 4.81. The maximum Gasteiger partial charge on any atom is 0.143 e. The Bertz CT molecular complexity index is 580. The van der Waals surface area contributed by atoms with Gasteiger partial charge in [0, 0.05) is 19.3 Å². The Morgan fingerprint density at radius 2 is 2.32 bits per heavy atom. The zero-order valence-electron chi connectivity index (χ0n) is 11.4. The first-order valence-corrected chi connectivity index (χ1v) is 6.94. The maximum absolute atomic E-state index is 9.85. The number of nitrogens with zero attached hydrogens (tertiary/aromatic N) is 3. The predicted molar refractivity (Wildman–Crippen MR) is 75.3 cm³/mol. The van der Waals surface area contributed by atoms with Crippen molar-refractivity contribution in [1.29, 1.82) is 0 Å². The lowest BCUT2D eigenvalue weighted by molar-refractivity contribution is 0.0969. The average Bonchev–Trinajstić information content (AvgIpc) is 2.85. The number of fused-ring (bicyclic) bond motifs is 1. The number of hydrogen-bond donors (Lipinski definition) is 2. The van der Waals surface area contributed by atoms with E-state index in [2.05, 4.69) is 33.7 Å². The van der Waals surface area contributed by atoms with Crippen LogP contribution in [0.2, 0.25) is 0 Å². The van der Waals surface area contributed by atoms with Gasteiger partial charge in [-0.15, -0.1) is 0 Å². The fourth-order valence-electron chi connectivity index (χ4n) is 2.85. The highest BCUT2D eigenvalue weighted by Crippen LogP contribution is 2.29. The van der Waals surface area contributed by atoms with Gasteiger partial charge in [-0.25, -0.2) is 9.97 Å². The molecule has 3 rings (SSSR count). The van der Waals surface area contributed by atoms with Crippen molar-refractivity contribution < 1.29 is 5.11 Å². The molecule has 0 aromatic carbocycles. The van der Waals surface area contributed by atoms with Crippen LogP contribution in [0.25, 0.3) is 11.0 Å². The van der Waals surface area contributed by atoms with Crippen LogP contribution in [0.5, 0.6) is 0 Å². The summed E-state index contributed by atoms with van der Waals surface area (Å²) in [5, 5.41) is 11.0. The third-order valence-corrected chi connectivity index (χ3v) is 4.07. The van der Waals surface area contributed by atoms with Gasteiger partial charge < -0.3 is 15.0 Å². The minimum atomic E-state index is -0.189. The Balaban J connectivity index is 2.02. The first-order valence-electron chi connectivity index (χ1n) is 6.94. The lowest BCUT2D eigenvalue weighted by Crippen LogP contribution is -2.42. The molecule has 1 aliphatic heterocycles. The van der Waals surface area contributed by atoms with Crippen LogP contribution in [0.1, 0.15) is 25.8 Å². The molecule has 5 heteroatoms. The summed E-state index contributed by atoms with van der Waals surface area (Å²) < 4.78 is 0. The minimum Gasteiger partial charge on any atom is -0.393 e. The number of aryl methyl sites for hydroxylation is 1. The summed E-state index contributed by atoms with van der Waals surface area (Å²) in [7, 11) is 0. The fourth-order valence-corrected chi connectivity index (χ4v) is 2.85. The van der Waals surface area contributed by atoms with Crippen molar-refractivity contribution in [3.05, 3.63) is 18.1 Å². The highest BCUT2D eigenvalue weighted by Gasteiger charge is 2.26. The van der Waals surface area contributed by atoms with E-state index in [9.17, 15) is 5.11 Å². The van der Waals surface area contributed by atoms with Crippen molar-refractivity contribution in [2.45, 2.75) is 32.8 Å². The standard InChI is InChI=1S/C14H20N4O/c1-3-10-6-15-13-12(10)14(17-8-16-13)18-5-4-11(19)9(2)7-18/h6,8-9,11,19H,3-5,7H2,1-2H3,(H,15,16,17). The summed E-state index contributed by atoms with van der Waals surface area (Å²) in [6.45, 7) is 5.93. The molecular formula is C14H20N4O. The first-order chi connectivity index (χ1) is 9.20. The molecule has 0 spiro atoms. The molecule has 1 saturated heterocycles. The molecule has 2 N–H and O–H groups in total. The van der Waals surface area contributed by atoms with Crippen LogP contribution >= 0.6 is 0 Å². The number of H-pyrrole nitrogens is 1. The van der Waals surface area contributed by atoms with Crippen molar-refractivity contribution >= 4 is 16.9 Å². The summed E-state index contributed by atoms with van der Waals surface area (Å²) in [6.07, 6.45) is 5.21. The SMILES string of the molecule is CCc1c[nH]c2ncnc(N3CCC(O)C(C)C3)c12. The Kier molecular flexibility index (Phi) is 3.14. The zero-order valence-corrected chi connectivity index (χ0v) is 11.4. The van der Waals surface area contributed by atoms with E-state index < -0.39 is 0 Å². The van der Waals surface area contributed by atoms with Gasteiger partial charge in [0.25, 0.3) is 0 Å². The molecule has 0 radical (unpaired) electrons. The van der Waals surface area contributed by atoms with Gasteiger partial charge >= 0.3 is 0 Å². The molecule has 2 atom stereocenters. The number of piperidine rings is 1. The van der Waals surface area contributed by atoms with E-state index in [1.54, 1.807) is 6.33 Å². The number of aromatic amines is 1. The monoisotopic (exact) mass is 260 g/mol. The van der Waals surface area contributed by atoms with Gasteiger partial charge in [-0.3, -0.25) is 0 Å². The highest BCUT2D eigenvalue weighted by atomic mass is 16.3. The number of rotatable bonds is 2. The van der Waals surface area contributed by atoms with Gasteiger partial charge in [0.2, 0.25) is 0 Å². The van der Waals surface area contributed by atoms with Crippen LogP contribution in [0.15, 0.2) is 12.5 Å². The second-order valence-electron chi connectivity index (χ2n) is 5.37. The van der Waals surface area contributed by atoms with Gasteiger partial charge in [0.05, 0.1) is 11.5 Å². The molecule has 5 nitrogen and oxygen atoms in total. The number of anilines is 1. The molecular weight excluding hydrogens is 240 g/mol. The molecule has 2 aromatic rings.